The Labute approximate surface area is 504 Å². The molecular weight excluding hydrogens is 1010 g/mol. The smallest absolute Gasteiger partial charge is 0.361 e. The number of esters is 2. The zero-order chi connectivity index (χ0) is 59.1. The molecule has 0 saturated heterocycles. The molecule has 0 heterocycles. The molecule has 0 aliphatic carbocycles. The van der Waals surface area contributed by atoms with Crippen molar-refractivity contribution in [3.63, 3.8) is 0 Å². The zero-order valence-electron chi connectivity index (χ0n) is 55.0. The van der Waals surface area contributed by atoms with E-state index in [4.69, 9.17) is 18.9 Å². The first-order valence-electron chi connectivity index (χ1n) is 35.9. The van der Waals surface area contributed by atoms with Crippen LogP contribution in [0.15, 0.2) is 12.2 Å². The van der Waals surface area contributed by atoms with Crippen LogP contribution in [0.2, 0.25) is 0 Å². The zero-order valence-corrected chi connectivity index (χ0v) is 55.0. The highest BCUT2D eigenvalue weighted by molar-refractivity contribution is 5.71. The molecular formula is C72H140NO8+. The number of carboxylic acids is 1. The highest BCUT2D eigenvalue weighted by Crippen LogP contribution is 2.19. The molecule has 9 heteroatoms. The average Bonchev–Trinajstić information content (AvgIpc) is 3.44. The number of hydrogen-bond donors (Lipinski definition) is 1. The van der Waals surface area contributed by atoms with Gasteiger partial charge in [-0.3, -0.25) is 9.59 Å². The summed E-state index contributed by atoms with van der Waals surface area (Å²) < 4.78 is 23.0. The van der Waals surface area contributed by atoms with E-state index in [9.17, 15) is 19.5 Å². The van der Waals surface area contributed by atoms with E-state index in [0.717, 1.165) is 38.5 Å². The van der Waals surface area contributed by atoms with Crippen LogP contribution in [0.1, 0.15) is 373 Å². The average molecular weight is 1150 g/mol. The molecule has 0 spiro atoms. The molecule has 480 valence electrons. The van der Waals surface area contributed by atoms with Gasteiger partial charge in [0.25, 0.3) is 6.29 Å². The van der Waals surface area contributed by atoms with Gasteiger partial charge >= 0.3 is 17.9 Å². The molecule has 0 aromatic rings. The number of carbonyl (C=O) groups excluding carboxylic acids is 2. The summed E-state index contributed by atoms with van der Waals surface area (Å²) in [5.74, 6) is -1.97. The highest BCUT2D eigenvalue weighted by Gasteiger charge is 2.25. The van der Waals surface area contributed by atoms with Crippen molar-refractivity contribution in [1.29, 1.82) is 0 Å². The van der Waals surface area contributed by atoms with Crippen molar-refractivity contribution >= 4 is 17.9 Å². The highest BCUT2D eigenvalue weighted by atomic mass is 16.7. The van der Waals surface area contributed by atoms with E-state index in [1.54, 1.807) is 0 Å². The van der Waals surface area contributed by atoms with Crippen molar-refractivity contribution in [1.82, 2.24) is 0 Å². The van der Waals surface area contributed by atoms with Gasteiger partial charge in [-0.25, -0.2) is 4.79 Å². The predicted octanol–water partition coefficient (Wildman–Crippen LogP) is 22.0. The monoisotopic (exact) mass is 1150 g/mol. The number of rotatable bonds is 68. The van der Waals surface area contributed by atoms with Gasteiger partial charge in [0.15, 0.2) is 6.10 Å². The Bertz CT molecular complexity index is 1330. The molecule has 0 bridgehead atoms. The maximum Gasteiger partial charge on any atom is 0.361 e. The van der Waals surface area contributed by atoms with Gasteiger partial charge in [-0.15, -0.1) is 0 Å². The maximum atomic E-state index is 12.9. The summed E-state index contributed by atoms with van der Waals surface area (Å²) in [5, 5.41) is 9.74. The maximum absolute atomic E-state index is 12.9. The van der Waals surface area contributed by atoms with Crippen LogP contribution in [-0.2, 0) is 33.3 Å². The summed E-state index contributed by atoms with van der Waals surface area (Å²) in [4.78, 5) is 37.6. The fourth-order valence-corrected chi connectivity index (χ4v) is 11.0. The fraction of sp³-hybridized carbons (Fsp3) is 0.931. The van der Waals surface area contributed by atoms with Crippen molar-refractivity contribution < 1.29 is 42.9 Å². The van der Waals surface area contributed by atoms with Gasteiger partial charge in [-0.2, -0.15) is 0 Å². The van der Waals surface area contributed by atoms with Crippen molar-refractivity contribution in [3.05, 3.63) is 12.2 Å². The molecule has 0 radical (unpaired) electrons. The topological polar surface area (TPSA) is 108 Å². The Balaban J connectivity index is 4.01. The van der Waals surface area contributed by atoms with E-state index in [-0.39, 0.29) is 38.2 Å². The minimum absolute atomic E-state index is 0.175. The van der Waals surface area contributed by atoms with Gasteiger partial charge in [-0.1, -0.05) is 334 Å². The van der Waals surface area contributed by atoms with E-state index in [1.165, 1.54) is 308 Å². The third kappa shape index (κ3) is 65.4. The van der Waals surface area contributed by atoms with Gasteiger partial charge in [0, 0.05) is 12.8 Å². The van der Waals surface area contributed by atoms with Crippen molar-refractivity contribution in [2.24, 2.45) is 0 Å². The molecule has 0 aliphatic rings. The molecule has 0 saturated carbocycles. The first-order valence-corrected chi connectivity index (χ1v) is 35.9. The normalized spacial score (nSPS) is 12.7. The van der Waals surface area contributed by atoms with Crippen LogP contribution in [0.4, 0.5) is 0 Å². The SMILES string of the molecule is CCCCCCCCCC/C=C\CCCCCCCCCCCCCC(=O)OC(COC(=O)CCCCCCCCCCCCCCCCCCCCCCCCCCCCCCCCCCC)COC(OCC[N+](C)(C)C)C(=O)O. The number of likely N-dealkylation sites (N-methyl/N-ethyl adjacent to an activating group) is 1. The Morgan fingerprint density at radius 1 is 0.358 bits per heavy atom. The lowest BCUT2D eigenvalue weighted by Gasteiger charge is -2.25. The van der Waals surface area contributed by atoms with Gasteiger partial charge < -0.3 is 28.5 Å². The molecule has 2 unspecified atom stereocenters. The van der Waals surface area contributed by atoms with E-state index >= 15 is 0 Å². The minimum atomic E-state index is -1.51. The van der Waals surface area contributed by atoms with Crippen molar-refractivity contribution in [3.8, 4) is 0 Å². The first kappa shape index (κ1) is 79.0. The number of unbranched alkanes of at least 4 members (excludes halogenated alkanes) is 51. The van der Waals surface area contributed by atoms with E-state index in [0.29, 0.717) is 17.4 Å². The number of quaternary nitrogens is 1. The third-order valence-corrected chi connectivity index (χ3v) is 16.5. The molecule has 0 rings (SSSR count). The lowest BCUT2D eigenvalue weighted by molar-refractivity contribution is -0.870. The molecule has 1 N–H and O–H groups in total. The van der Waals surface area contributed by atoms with E-state index < -0.39 is 18.4 Å². The van der Waals surface area contributed by atoms with Crippen LogP contribution in [0.3, 0.4) is 0 Å². The Hall–Kier alpha value is -1.97. The number of nitrogens with zero attached hydrogens (tertiary/aromatic N) is 1. The molecule has 0 amide bonds. The number of carbonyl (C=O) groups is 3. The number of aliphatic carboxylic acids is 1. The Morgan fingerprint density at radius 2 is 0.630 bits per heavy atom. The van der Waals surface area contributed by atoms with Gasteiger partial charge in [-0.05, 0) is 38.5 Å². The summed E-state index contributed by atoms with van der Waals surface area (Å²) in [7, 11) is 5.99. The van der Waals surface area contributed by atoms with Crippen LogP contribution in [0, 0.1) is 0 Å². The molecule has 0 aromatic heterocycles. The summed E-state index contributed by atoms with van der Waals surface area (Å²) in [6.45, 7) is 4.96. The largest absolute Gasteiger partial charge is 0.477 e. The summed E-state index contributed by atoms with van der Waals surface area (Å²) in [5.41, 5.74) is 0. The molecule has 81 heavy (non-hydrogen) atoms. The van der Waals surface area contributed by atoms with Gasteiger partial charge in [0.05, 0.1) is 34.4 Å². The Morgan fingerprint density at radius 3 is 0.914 bits per heavy atom. The second kappa shape index (κ2) is 64.0. The van der Waals surface area contributed by atoms with Crippen LogP contribution < -0.4 is 0 Å². The lowest BCUT2D eigenvalue weighted by atomic mass is 10.0. The predicted molar refractivity (Wildman–Crippen MR) is 346 cm³/mol. The fourth-order valence-electron chi connectivity index (χ4n) is 11.0. The van der Waals surface area contributed by atoms with Crippen LogP contribution in [-0.4, -0.2) is 87.4 Å². The second-order valence-corrected chi connectivity index (χ2v) is 25.9. The molecule has 2 atom stereocenters. The quantitative estimate of drug-likeness (QED) is 0.0211. The summed E-state index contributed by atoms with van der Waals surface area (Å²) in [6, 6.07) is 0. The molecule has 9 nitrogen and oxygen atoms in total. The van der Waals surface area contributed by atoms with Crippen molar-refractivity contribution in [2.75, 3.05) is 47.5 Å². The van der Waals surface area contributed by atoms with E-state index in [1.807, 2.05) is 21.1 Å². The summed E-state index contributed by atoms with van der Waals surface area (Å²) >= 11 is 0. The van der Waals surface area contributed by atoms with Gasteiger partial charge in [0.2, 0.25) is 0 Å². The first-order chi connectivity index (χ1) is 39.6. The standard InChI is InChI=1S/C72H139NO8/c1-6-8-10-12-14-16-18-20-22-24-26-28-30-31-32-33-34-35-36-37-38-39-41-42-44-46-48-50-52-54-56-58-60-62-69(74)79-66-68(67-80-72(71(76)77)78-65-64-73(3,4)5)81-70(75)63-61-59-57-55-53-51-49-47-45-43-40-29-27-25-23-21-19-17-15-13-11-9-7-2/h25,27,68,72H,6-24,26,28-67H2,1-5H3/p+1/b27-25-. The minimum Gasteiger partial charge on any atom is -0.477 e. The van der Waals surface area contributed by atoms with Gasteiger partial charge in [0.1, 0.15) is 13.2 Å². The Kier molecular flexibility index (Phi) is 62.5. The molecule has 0 fully saturated rings. The van der Waals surface area contributed by atoms with Crippen LogP contribution in [0.25, 0.3) is 0 Å². The third-order valence-electron chi connectivity index (χ3n) is 16.5. The summed E-state index contributed by atoms with van der Waals surface area (Å²) in [6.07, 6.45) is 74.8. The number of hydrogen-bond acceptors (Lipinski definition) is 7. The van der Waals surface area contributed by atoms with Crippen LogP contribution in [0.5, 0.6) is 0 Å². The number of ether oxygens (including phenoxy) is 4. The van der Waals surface area contributed by atoms with E-state index in [2.05, 4.69) is 26.0 Å². The van der Waals surface area contributed by atoms with Crippen molar-refractivity contribution in [2.45, 2.75) is 386 Å². The lowest BCUT2D eigenvalue weighted by Crippen LogP contribution is -2.40. The second-order valence-electron chi connectivity index (χ2n) is 25.9. The van der Waals surface area contributed by atoms with Crippen LogP contribution >= 0.6 is 0 Å². The molecule has 0 aliphatic heterocycles. The number of allylic oxidation sites excluding steroid dienone is 2. The number of carboxylic acid groups (broad SMARTS) is 1. The molecule has 0 aromatic carbocycles.